The van der Waals surface area contributed by atoms with Crippen LogP contribution in [-0.4, -0.2) is 11.8 Å². The van der Waals surface area contributed by atoms with Gasteiger partial charge in [0.05, 0.1) is 11.1 Å². The molecule has 5 heteroatoms. The Morgan fingerprint density at radius 1 is 1.14 bits per heavy atom. The van der Waals surface area contributed by atoms with Gasteiger partial charge in [-0.05, 0) is 29.2 Å². The van der Waals surface area contributed by atoms with E-state index < -0.39 is 5.97 Å². The largest absolute Gasteiger partial charge is 0.380 e. The topological polar surface area (TPSA) is 78.8 Å². The Morgan fingerprint density at radius 2 is 1.82 bits per heavy atom. The summed E-state index contributed by atoms with van der Waals surface area (Å²) in [6.07, 6.45) is 3.42. The zero-order valence-corrected chi connectivity index (χ0v) is 13.0. The van der Waals surface area contributed by atoms with Gasteiger partial charge in [0, 0.05) is 6.07 Å². The van der Waals surface area contributed by atoms with Crippen LogP contribution in [0.3, 0.4) is 0 Å². The van der Waals surface area contributed by atoms with Crippen LogP contribution in [0.25, 0.3) is 0 Å². The molecule has 0 spiro atoms. The number of H-pyrrole nitrogens is 1. The third-order valence-corrected chi connectivity index (χ3v) is 3.22. The molecule has 0 aliphatic heterocycles. The molecular weight excluding hydrogens is 278 g/mol. The van der Waals surface area contributed by atoms with Crippen LogP contribution in [-0.2, 0) is 10.3 Å². The van der Waals surface area contributed by atoms with Crippen LogP contribution in [0.1, 0.15) is 42.3 Å². The van der Waals surface area contributed by atoms with Crippen LogP contribution in [0.5, 0.6) is 0 Å². The first-order valence-electron chi connectivity index (χ1n) is 7.00. The van der Waals surface area contributed by atoms with Crippen molar-refractivity contribution in [2.24, 2.45) is 10.9 Å². The van der Waals surface area contributed by atoms with Crippen molar-refractivity contribution in [1.82, 2.24) is 0 Å². The smallest absolute Gasteiger partial charge is 0.365 e. The molecule has 0 fully saturated rings. The third-order valence-electron chi connectivity index (χ3n) is 3.22. The minimum Gasteiger partial charge on any atom is -0.380 e. The molecule has 1 aromatic heterocycles. The van der Waals surface area contributed by atoms with Gasteiger partial charge in [0.2, 0.25) is 0 Å². The maximum absolute atomic E-state index is 11.9. The number of nitrogens with one attached hydrogen (secondary N) is 1. The lowest BCUT2D eigenvalue weighted by molar-refractivity contribution is -0.378. The monoisotopic (exact) mass is 298 g/mol. The van der Waals surface area contributed by atoms with Crippen LogP contribution in [0.15, 0.2) is 53.9 Å². The van der Waals surface area contributed by atoms with E-state index in [0.29, 0.717) is 11.1 Å². The van der Waals surface area contributed by atoms with Crippen LogP contribution in [0.2, 0.25) is 0 Å². The van der Waals surface area contributed by atoms with Crippen LogP contribution < -0.4 is 10.7 Å². The maximum Gasteiger partial charge on any atom is 0.365 e. The molecule has 22 heavy (non-hydrogen) atoms. The summed E-state index contributed by atoms with van der Waals surface area (Å²) in [5.74, 6) is -0.403. The lowest BCUT2D eigenvalue weighted by atomic mass is 9.87. The van der Waals surface area contributed by atoms with Gasteiger partial charge in [-0.1, -0.05) is 38.1 Å². The first-order chi connectivity index (χ1) is 10.4. The first kappa shape index (κ1) is 15.7. The van der Waals surface area contributed by atoms with Crippen LogP contribution in [0.4, 0.5) is 0 Å². The zero-order valence-electron chi connectivity index (χ0n) is 13.0. The van der Waals surface area contributed by atoms with E-state index in [9.17, 15) is 4.79 Å². The fourth-order valence-corrected chi connectivity index (χ4v) is 1.86. The molecule has 2 aromatic rings. The average Bonchev–Trinajstić information content (AvgIpc) is 2.52. The number of oxime groups is 1. The second-order valence-electron chi connectivity index (χ2n) is 5.97. The second kappa shape index (κ2) is 6.39. The number of amidine groups is 1. The quantitative estimate of drug-likeness (QED) is 0.408. The Bertz CT molecular complexity index is 671. The Balaban J connectivity index is 2.07. The van der Waals surface area contributed by atoms with E-state index >= 15 is 0 Å². The highest BCUT2D eigenvalue weighted by Gasteiger charge is 2.15. The fraction of sp³-hybridized carbons (Fsp3) is 0.235. The van der Waals surface area contributed by atoms with Gasteiger partial charge in [-0.15, -0.1) is 0 Å². The summed E-state index contributed by atoms with van der Waals surface area (Å²) in [7, 11) is 0. The minimum absolute atomic E-state index is 0.0365. The number of aromatic nitrogens is 1. The Kier molecular flexibility index (Phi) is 4.56. The molecule has 5 nitrogen and oxygen atoms in total. The number of pyridine rings is 1. The highest BCUT2D eigenvalue weighted by molar-refractivity contribution is 5.97. The number of benzene rings is 1. The molecule has 1 heterocycles. The van der Waals surface area contributed by atoms with Crippen molar-refractivity contribution in [2.75, 3.05) is 0 Å². The molecule has 0 aliphatic rings. The number of nitrogens with zero attached hydrogens (tertiary/aromatic N) is 1. The molecule has 1 aromatic carbocycles. The van der Waals surface area contributed by atoms with Crippen molar-refractivity contribution in [3.05, 3.63) is 65.5 Å². The Labute approximate surface area is 129 Å². The van der Waals surface area contributed by atoms with Crippen LogP contribution in [0, 0.1) is 0 Å². The van der Waals surface area contributed by atoms with Crippen molar-refractivity contribution in [2.45, 2.75) is 26.2 Å². The van der Waals surface area contributed by atoms with E-state index in [-0.39, 0.29) is 11.3 Å². The number of nitrogens with two attached hydrogens (primary N) is 1. The minimum atomic E-state index is -0.539. The number of hydrogen-bond acceptors (Lipinski definition) is 3. The summed E-state index contributed by atoms with van der Waals surface area (Å²) in [5, 5.41) is 3.67. The summed E-state index contributed by atoms with van der Waals surface area (Å²) < 4.78 is 0. The van der Waals surface area contributed by atoms with E-state index in [1.165, 1.54) is 0 Å². The lowest BCUT2D eigenvalue weighted by Gasteiger charge is -2.18. The predicted molar refractivity (Wildman–Crippen MR) is 84.3 cm³/mol. The normalized spacial score (nSPS) is 12.0. The molecule has 114 valence electrons. The molecule has 0 radical (unpaired) electrons. The number of carbonyl (C=O) groups excluding carboxylic acids is 1. The van der Waals surface area contributed by atoms with Gasteiger partial charge in [0.25, 0.3) is 0 Å². The molecule has 3 N–H and O–H groups in total. The molecule has 0 amide bonds. The Hall–Kier alpha value is -2.69. The van der Waals surface area contributed by atoms with Gasteiger partial charge in [0.15, 0.2) is 18.2 Å². The summed E-state index contributed by atoms with van der Waals surface area (Å²) in [5.41, 5.74) is 8.02. The van der Waals surface area contributed by atoms with Crippen molar-refractivity contribution >= 4 is 11.8 Å². The molecule has 0 bridgehead atoms. The van der Waals surface area contributed by atoms with E-state index in [4.69, 9.17) is 10.6 Å². The van der Waals surface area contributed by atoms with Crippen molar-refractivity contribution in [1.29, 1.82) is 0 Å². The van der Waals surface area contributed by atoms with E-state index in [1.807, 2.05) is 12.1 Å². The highest BCUT2D eigenvalue weighted by atomic mass is 16.7. The van der Waals surface area contributed by atoms with Gasteiger partial charge >= 0.3 is 5.97 Å². The zero-order chi connectivity index (χ0) is 16.2. The van der Waals surface area contributed by atoms with Crippen molar-refractivity contribution < 1.29 is 14.6 Å². The number of carbonyl (C=O) groups is 1. The molecule has 0 saturated heterocycles. The number of aromatic amines is 1. The maximum atomic E-state index is 11.9. The molecule has 0 atom stereocenters. The summed E-state index contributed by atoms with van der Waals surface area (Å²) in [4.78, 5) is 19.7. The predicted octanol–water partition coefficient (Wildman–Crippen LogP) is 2.28. The number of rotatable bonds is 3. The molecule has 2 rings (SSSR count). The second-order valence-corrected chi connectivity index (χ2v) is 5.97. The third kappa shape index (κ3) is 3.91. The average molecular weight is 298 g/mol. The van der Waals surface area contributed by atoms with E-state index in [0.717, 1.165) is 5.56 Å². The first-order valence-corrected chi connectivity index (χ1v) is 7.00. The Morgan fingerprint density at radius 3 is 2.36 bits per heavy atom. The van der Waals surface area contributed by atoms with E-state index in [1.54, 1.807) is 36.7 Å². The van der Waals surface area contributed by atoms with Gasteiger partial charge in [0.1, 0.15) is 0 Å². The van der Waals surface area contributed by atoms with E-state index in [2.05, 4.69) is 30.9 Å². The van der Waals surface area contributed by atoms with Crippen LogP contribution >= 0.6 is 0 Å². The molecule has 0 aliphatic carbocycles. The highest BCUT2D eigenvalue weighted by Crippen LogP contribution is 2.22. The van der Waals surface area contributed by atoms with Gasteiger partial charge < -0.3 is 10.6 Å². The standard InChI is InChI=1S/C17H19N3O2/c1-17(2,3)14-8-6-12(7-9-14)16(21)22-20-15(18)13-5-4-10-19-11-13/h4-11H,1-3H3,(H2,18,20)/p+1. The van der Waals surface area contributed by atoms with Gasteiger partial charge in [-0.2, -0.15) is 0 Å². The number of hydrogen-bond donors (Lipinski definition) is 1. The molecule has 0 saturated carbocycles. The summed E-state index contributed by atoms with van der Waals surface area (Å²) >= 11 is 0. The molecular formula is C17H20N3O2+. The summed E-state index contributed by atoms with van der Waals surface area (Å²) in [6, 6.07) is 10.8. The SMILES string of the molecule is CC(C)(C)c1ccc(C(=O)ON=C(N)c2ccc[nH+]c2)cc1. The fourth-order valence-electron chi connectivity index (χ4n) is 1.86. The molecule has 0 unspecified atom stereocenters. The van der Waals surface area contributed by atoms with Gasteiger partial charge in [-0.25, -0.2) is 9.78 Å². The lowest BCUT2D eigenvalue weighted by Crippen LogP contribution is -2.17. The van der Waals surface area contributed by atoms with Crippen molar-refractivity contribution in [3.63, 3.8) is 0 Å². The van der Waals surface area contributed by atoms with Crippen molar-refractivity contribution in [3.8, 4) is 0 Å². The summed E-state index contributed by atoms with van der Waals surface area (Å²) in [6.45, 7) is 6.34. The van der Waals surface area contributed by atoms with Gasteiger partial charge in [-0.3, -0.25) is 0 Å².